The van der Waals surface area contributed by atoms with Gasteiger partial charge in [0.05, 0.1) is 5.60 Å². The summed E-state index contributed by atoms with van der Waals surface area (Å²) in [6.45, 7) is 3.69. The molecular weight excluding hydrogens is 240 g/mol. The molecule has 0 spiro atoms. The molecule has 1 unspecified atom stereocenters. The molecule has 0 aliphatic rings. The minimum absolute atomic E-state index is 0.343. The Morgan fingerprint density at radius 2 is 1.86 bits per heavy atom. The van der Waals surface area contributed by atoms with Gasteiger partial charge in [0.15, 0.2) is 0 Å². The summed E-state index contributed by atoms with van der Waals surface area (Å²) in [5.74, 6) is 0. The maximum atomic E-state index is 9.59. The van der Waals surface area contributed by atoms with Gasteiger partial charge in [0, 0.05) is 4.83 Å². The van der Waals surface area contributed by atoms with Gasteiger partial charge >= 0.3 is 0 Å². The van der Waals surface area contributed by atoms with Crippen LogP contribution in [-0.4, -0.2) is 10.7 Å². The summed E-state index contributed by atoms with van der Waals surface area (Å²) in [5.41, 5.74) is 0.706. The van der Waals surface area contributed by atoms with E-state index < -0.39 is 5.60 Å². The van der Waals surface area contributed by atoms with E-state index in [9.17, 15) is 5.11 Å². The van der Waals surface area contributed by atoms with Crippen LogP contribution in [0.25, 0.3) is 0 Å². The molecule has 1 rings (SSSR count). The van der Waals surface area contributed by atoms with Crippen molar-refractivity contribution >= 4 is 15.9 Å². The Morgan fingerprint density at radius 3 is 2.36 bits per heavy atom. The lowest BCUT2D eigenvalue weighted by Crippen LogP contribution is -2.18. The van der Waals surface area contributed by atoms with Gasteiger partial charge in [0.2, 0.25) is 0 Å². The van der Waals surface area contributed by atoms with Crippen molar-refractivity contribution in [3.05, 3.63) is 35.9 Å². The maximum Gasteiger partial charge on any atom is 0.0592 e. The second-order valence-electron chi connectivity index (χ2n) is 4.23. The molecule has 0 aliphatic heterocycles. The average Bonchev–Trinajstić information content (AvgIpc) is 2.14. The van der Waals surface area contributed by atoms with Crippen LogP contribution in [0.5, 0.6) is 0 Å². The summed E-state index contributed by atoms with van der Waals surface area (Å²) in [5, 5.41) is 9.59. The summed E-state index contributed by atoms with van der Waals surface area (Å²) in [4.78, 5) is 0.343. The lowest BCUT2D eigenvalue weighted by atomic mass is 9.99. The van der Waals surface area contributed by atoms with Gasteiger partial charge in [-0.05, 0) is 32.3 Å². The highest BCUT2D eigenvalue weighted by atomic mass is 79.9. The molecule has 1 atom stereocenters. The molecule has 0 amide bonds. The molecule has 0 bridgehead atoms. The van der Waals surface area contributed by atoms with Crippen molar-refractivity contribution in [3.8, 4) is 0 Å². The largest absolute Gasteiger partial charge is 0.390 e. The van der Waals surface area contributed by atoms with E-state index >= 15 is 0 Å². The Labute approximate surface area is 94.3 Å². The zero-order valence-corrected chi connectivity index (χ0v) is 10.3. The second-order valence-corrected chi connectivity index (χ2v) is 5.33. The van der Waals surface area contributed by atoms with Gasteiger partial charge in [0.1, 0.15) is 0 Å². The molecule has 0 heterocycles. The van der Waals surface area contributed by atoms with Gasteiger partial charge in [0.25, 0.3) is 0 Å². The lowest BCUT2D eigenvalue weighted by Gasteiger charge is -2.19. The third-order valence-electron chi connectivity index (χ3n) is 2.17. The molecule has 0 saturated heterocycles. The fourth-order valence-corrected chi connectivity index (χ4v) is 1.84. The van der Waals surface area contributed by atoms with E-state index in [2.05, 4.69) is 28.1 Å². The Bertz CT molecular complexity index is 263. The first-order valence-electron chi connectivity index (χ1n) is 4.90. The standard InChI is InChI=1S/C12H17BrO/c1-12(2,14)9-8-11(13)10-6-4-3-5-7-10/h3-7,11,14H,8-9H2,1-2H3. The van der Waals surface area contributed by atoms with Crippen molar-refractivity contribution in [2.45, 2.75) is 37.1 Å². The number of halogens is 1. The number of hydrogen-bond acceptors (Lipinski definition) is 1. The van der Waals surface area contributed by atoms with Crippen LogP contribution in [0.1, 0.15) is 37.1 Å². The fourth-order valence-electron chi connectivity index (χ4n) is 1.31. The first-order chi connectivity index (χ1) is 6.49. The Hall–Kier alpha value is -0.340. The highest BCUT2D eigenvalue weighted by molar-refractivity contribution is 9.09. The highest BCUT2D eigenvalue weighted by Crippen LogP contribution is 2.29. The van der Waals surface area contributed by atoms with Crippen molar-refractivity contribution in [1.82, 2.24) is 0 Å². The maximum absolute atomic E-state index is 9.59. The van der Waals surface area contributed by atoms with E-state index in [1.165, 1.54) is 5.56 Å². The zero-order chi connectivity index (χ0) is 10.6. The number of alkyl halides is 1. The van der Waals surface area contributed by atoms with E-state index in [1.54, 1.807) is 0 Å². The Morgan fingerprint density at radius 1 is 1.29 bits per heavy atom. The first-order valence-corrected chi connectivity index (χ1v) is 5.82. The van der Waals surface area contributed by atoms with Gasteiger partial charge in [-0.25, -0.2) is 0 Å². The van der Waals surface area contributed by atoms with E-state index in [4.69, 9.17) is 0 Å². The van der Waals surface area contributed by atoms with Gasteiger partial charge < -0.3 is 5.11 Å². The third-order valence-corrected chi connectivity index (χ3v) is 3.16. The first kappa shape index (κ1) is 11.7. The van der Waals surface area contributed by atoms with Crippen molar-refractivity contribution in [1.29, 1.82) is 0 Å². The van der Waals surface area contributed by atoms with E-state index in [0.717, 1.165) is 12.8 Å². The van der Waals surface area contributed by atoms with Gasteiger partial charge in [-0.1, -0.05) is 46.3 Å². The third kappa shape index (κ3) is 4.25. The van der Waals surface area contributed by atoms with Crippen LogP contribution in [0.15, 0.2) is 30.3 Å². The minimum atomic E-state index is -0.569. The van der Waals surface area contributed by atoms with Gasteiger partial charge in [-0.2, -0.15) is 0 Å². The molecular formula is C12H17BrO. The van der Waals surface area contributed by atoms with Gasteiger partial charge in [-0.15, -0.1) is 0 Å². The summed E-state index contributed by atoms with van der Waals surface area (Å²) in [6, 6.07) is 10.3. The van der Waals surface area contributed by atoms with Crippen LogP contribution >= 0.6 is 15.9 Å². The Kier molecular flexibility index (Phi) is 4.14. The summed E-state index contributed by atoms with van der Waals surface area (Å²) < 4.78 is 0. The van der Waals surface area contributed by atoms with Crippen molar-refractivity contribution in [2.75, 3.05) is 0 Å². The van der Waals surface area contributed by atoms with Crippen molar-refractivity contribution < 1.29 is 5.11 Å². The molecule has 1 aromatic carbocycles. The van der Waals surface area contributed by atoms with Gasteiger partial charge in [-0.3, -0.25) is 0 Å². The zero-order valence-electron chi connectivity index (χ0n) is 8.70. The summed E-state index contributed by atoms with van der Waals surface area (Å²) in [7, 11) is 0. The fraction of sp³-hybridized carbons (Fsp3) is 0.500. The minimum Gasteiger partial charge on any atom is -0.390 e. The van der Waals surface area contributed by atoms with Crippen molar-refractivity contribution in [3.63, 3.8) is 0 Å². The molecule has 1 aromatic rings. The smallest absolute Gasteiger partial charge is 0.0592 e. The van der Waals surface area contributed by atoms with Crippen LogP contribution in [0.3, 0.4) is 0 Å². The highest BCUT2D eigenvalue weighted by Gasteiger charge is 2.15. The monoisotopic (exact) mass is 256 g/mol. The van der Waals surface area contributed by atoms with Crippen LogP contribution < -0.4 is 0 Å². The molecule has 78 valence electrons. The number of aliphatic hydroxyl groups is 1. The summed E-state index contributed by atoms with van der Waals surface area (Å²) in [6.07, 6.45) is 1.76. The average molecular weight is 257 g/mol. The van der Waals surface area contributed by atoms with E-state index in [0.29, 0.717) is 4.83 Å². The van der Waals surface area contributed by atoms with Crippen LogP contribution in [0, 0.1) is 0 Å². The number of rotatable bonds is 4. The summed E-state index contributed by atoms with van der Waals surface area (Å²) >= 11 is 3.63. The second kappa shape index (κ2) is 4.94. The SMILES string of the molecule is CC(C)(O)CCC(Br)c1ccccc1. The number of benzene rings is 1. The predicted octanol–water partition coefficient (Wildman–Crippen LogP) is 3.67. The Balaban J connectivity index is 2.48. The van der Waals surface area contributed by atoms with E-state index in [-0.39, 0.29) is 0 Å². The van der Waals surface area contributed by atoms with Crippen LogP contribution in [0.4, 0.5) is 0 Å². The number of hydrogen-bond donors (Lipinski definition) is 1. The lowest BCUT2D eigenvalue weighted by molar-refractivity contribution is 0.0688. The quantitative estimate of drug-likeness (QED) is 0.816. The van der Waals surface area contributed by atoms with Crippen LogP contribution in [-0.2, 0) is 0 Å². The molecule has 0 saturated carbocycles. The molecule has 14 heavy (non-hydrogen) atoms. The molecule has 0 radical (unpaired) electrons. The topological polar surface area (TPSA) is 20.2 Å². The molecule has 0 aliphatic carbocycles. The molecule has 0 fully saturated rings. The molecule has 2 heteroatoms. The normalized spacial score (nSPS) is 14.0. The van der Waals surface area contributed by atoms with E-state index in [1.807, 2.05) is 32.0 Å². The molecule has 1 N–H and O–H groups in total. The van der Waals surface area contributed by atoms with Crippen molar-refractivity contribution in [2.24, 2.45) is 0 Å². The molecule has 1 nitrogen and oxygen atoms in total. The molecule has 0 aromatic heterocycles. The van der Waals surface area contributed by atoms with Crippen LogP contribution in [0.2, 0.25) is 0 Å². The predicted molar refractivity (Wildman–Crippen MR) is 63.6 cm³/mol.